The Morgan fingerprint density at radius 2 is 1.87 bits per heavy atom. The van der Waals surface area contributed by atoms with E-state index in [9.17, 15) is 14.0 Å². The van der Waals surface area contributed by atoms with Crippen LogP contribution in [0.15, 0.2) is 79.4 Å². The molecule has 3 heterocycles. The Bertz CT molecular complexity index is 1630. The molecule has 0 fully saturated rings. The number of amides is 2. The van der Waals surface area contributed by atoms with E-state index in [-0.39, 0.29) is 23.8 Å². The first-order valence-electron chi connectivity index (χ1n) is 12.5. The number of ether oxygens (including phenoxy) is 1. The third-order valence-electron chi connectivity index (χ3n) is 6.06. The van der Waals surface area contributed by atoms with Crippen molar-refractivity contribution in [1.29, 1.82) is 0 Å². The lowest BCUT2D eigenvalue weighted by Crippen LogP contribution is -2.33. The fourth-order valence-electron chi connectivity index (χ4n) is 4.11. The van der Waals surface area contributed by atoms with Crippen molar-refractivity contribution < 1.29 is 18.7 Å². The van der Waals surface area contributed by atoms with Crippen molar-refractivity contribution in [3.8, 4) is 22.1 Å². The molecule has 0 unspecified atom stereocenters. The topological polar surface area (TPSA) is 89.4 Å². The summed E-state index contributed by atoms with van der Waals surface area (Å²) in [5.41, 5.74) is 2.50. The molecular weight excluding hydrogens is 517 g/mol. The molecule has 0 radical (unpaired) electrons. The van der Waals surface area contributed by atoms with Crippen molar-refractivity contribution in [3.63, 3.8) is 0 Å². The molecule has 0 aliphatic heterocycles. The highest BCUT2D eigenvalue weighted by atomic mass is 32.1. The Morgan fingerprint density at radius 1 is 1.05 bits per heavy atom. The fourth-order valence-corrected chi connectivity index (χ4v) is 5.14. The van der Waals surface area contributed by atoms with Crippen molar-refractivity contribution in [2.24, 2.45) is 0 Å². The number of pyridine rings is 1. The second-order valence-corrected chi connectivity index (χ2v) is 9.72. The van der Waals surface area contributed by atoms with Gasteiger partial charge in [-0.1, -0.05) is 18.2 Å². The number of nitrogens with zero attached hydrogens (tertiary/aromatic N) is 4. The lowest BCUT2D eigenvalue weighted by molar-refractivity contribution is -0.125. The van der Waals surface area contributed by atoms with Crippen LogP contribution in [-0.4, -0.2) is 32.9 Å². The molecule has 0 aliphatic rings. The van der Waals surface area contributed by atoms with Crippen LogP contribution < -0.4 is 15.0 Å². The van der Waals surface area contributed by atoms with Gasteiger partial charge in [-0.15, -0.1) is 11.3 Å². The minimum Gasteiger partial charge on any atom is -0.453 e. The van der Waals surface area contributed by atoms with Crippen molar-refractivity contribution in [3.05, 3.63) is 85.2 Å². The maximum Gasteiger partial charge on any atom is 0.236 e. The van der Waals surface area contributed by atoms with E-state index in [4.69, 9.17) is 4.74 Å². The van der Waals surface area contributed by atoms with E-state index in [1.165, 1.54) is 34.4 Å². The zero-order valence-electron chi connectivity index (χ0n) is 21.4. The summed E-state index contributed by atoms with van der Waals surface area (Å²) < 4.78 is 23.7. The van der Waals surface area contributed by atoms with Crippen molar-refractivity contribution >= 4 is 44.7 Å². The summed E-state index contributed by atoms with van der Waals surface area (Å²) in [4.78, 5) is 36.5. The van der Waals surface area contributed by atoms with Gasteiger partial charge < -0.3 is 19.5 Å². The van der Waals surface area contributed by atoms with Crippen LogP contribution in [0.4, 0.5) is 15.8 Å². The number of anilines is 2. The summed E-state index contributed by atoms with van der Waals surface area (Å²) >= 11 is 1.47. The van der Waals surface area contributed by atoms with Crippen LogP contribution in [0.1, 0.15) is 20.3 Å². The minimum absolute atomic E-state index is 0.00280. The van der Waals surface area contributed by atoms with Gasteiger partial charge in [0.25, 0.3) is 0 Å². The Morgan fingerprint density at radius 3 is 2.59 bits per heavy atom. The third-order valence-corrected chi connectivity index (χ3v) is 7.22. The van der Waals surface area contributed by atoms with Gasteiger partial charge in [0, 0.05) is 49.0 Å². The number of nitrogens with one attached hydrogen (secondary N) is 1. The highest BCUT2D eigenvalue weighted by molar-refractivity contribution is 7.22. The van der Waals surface area contributed by atoms with E-state index in [1.807, 2.05) is 48.9 Å². The number of fused-ring (bicyclic) bond motifs is 1. The van der Waals surface area contributed by atoms with Gasteiger partial charge in [-0.3, -0.25) is 14.6 Å². The van der Waals surface area contributed by atoms with Gasteiger partial charge in [0.2, 0.25) is 11.8 Å². The lowest BCUT2D eigenvalue weighted by atomic mass is 10.2. The number of imidazole rings is 1. The van der Waals surface area contributed by atoms with Gasteiger partial charge in [0.05, 0.1) is 27.1 Å². The Balaban J connectivity index is 1.27. The van der Waals surface area contributed by atoms with Crippen LogP contribution in [0.3, 0.4) is 0 Å². The number of carbonyl (C=O) groups excluding carboxylic acids is 2. The molecule has 10 heteroatoms. The summed E-state index contributed by atoms with van der Waals surface area (Å²) in [6.07, 6.45) is 4.98. The molecule has 0 atom stereocenters. The molecule has 2 amide bonds. The highest BCUT2D eigenvalue weighted by Gasteiger charge is 2.19. The van der Waals surface area contributed by atoms with Gasteiger partial charge in [0.1, 0.15) is 12.2 Å². The molecule has 8 nitrogen and oxygen atoms in total. The van der Waals surface area contributed by atoms with E-state index in [2.05, 4.69) is 15.3 Å². The molecule has 198 valence electrons. The Hall–Kier alpha value is -4.57. The zero-order valence-corrected chi connectivity index (χ0v) is 22.2. The zero-order chi connectivity index (χ0) is 27.4. The molecule has 5 aromatic rings. The van der Waals surface area contributed by atoms with Gasteiger partial charge in [-0.25, -0.2) is 9.37 Å². The molecule has 0 spiro atoms. The first kappa shape index (κ1) is 26.1. The minimum atomic E-state index is -0.651. The van der Waals surface area contributed by atoms with Gasteiger partial charge in [0.15, 0.2) is 11.6 Å². The summed E-state index contributed by atoms with van der Waals surface area (Å²) in [5, 5.41) is 2.59. The Labute approximate surface area is 228 Å². The van der Waals surface area contributed by atoms with Crippen LogP contribution >= 0.6 is 11.3 Å². The highest BCUT2D eigenvalue weighted by Crippen LogP contribution is 2.39. The molecule has 5 rings (SSSR count). The quantitative estimate of drug-likeness (QED) is 0.215. The molecule has 0 saturated carbocycles. The van der Waals surface area contributed by atoms with Crippen molar-refractivity contribution in [1.82, 2.24) is 14.5 Å². The van der Waals surface area contributed by atoms with Crippen molar-refractivity contribution in [2.45, 2.75) is 26.8 Å². The van der Waals surface area contributed by atoms with Crippen LogP contribution in [0.25, 0.3) is 20.8 Å². The van der Waals surface area contributed by atoms with E-state index >= 15 is 0 Å². The van der Waals surface area contributed by atoms with E-state index in [0.717, 1.165) is 27.3 Å². The molecule has 0 aliphatic carbocycles. The van der Waals surface area contributed by atoms with E-state index in [0.29, 0.717) is 18.0 Å². The first-order valence-corrected chi connectivity index (χ1v) is 13.3. The third kappa shape index (κ3) is 5.80. The molecule has 3 aromatic heterocycles. The summed E-state index contributed by atoms with van der Waals surface area (Å²) in [6.45, 7) is 5.12. The number of halogens is 1. The number of hydrogen-bond donors (Lipinski definition) is 1. The normalized spacial score (nSPS) is 10.9. The van der Waals surface area contributed by atoms with Gasteiger partial charge >= 0.3 is 0 Å². The average Bonchev–Trinajstić information content (AvgIpc) is 3.59. The number of para-hydroxylation sites is 1. The summed E-state index contributed by atoms with van der Waals surface area (Å²) in [6, 6.07) is 16.9. The van der Waals surface area contributed by atoms with E-state index in [1.54, 1.807) is 30.7 Å². The monoisotopic (exact) mass is 543 g/mol. The predicted molar refractivity (Wildman–Crippen MR) is 151 cm³/mol. The molecule has 2 aromatic carbocycles. The predicted octanol–water partition coefficient (Wildman–Crippen LogP) is 6.49. The number of carbonyl (C=O) groups is 2. The lowest BCUT2D eigenvalue weighted by Gasteiger charge is -2.20. The maximum absolute atomic E-state index is 15.0. The largest absolute Gasteiger partial charge is 0.453 e. The number of aryl methyl sites for hydroxylation is 1. The number of aromatic nitrogens is 3. The average molecular weight is 544 g/mol. The second kappa shape index (κ2) is 11.4. The van der Waals surface area contributed by atoms with Crippen LogP contribution in [0.2, 0.25) is 0 Å². The first-order chi connectivity index (χ1) is 18.9. The number of benzene rings is 2. The molecule has 0 bridgehead atoms. The fraction of sp³-hybridized carbons (Fsp3) is 0.172. The standard InChI is InChI=1S/C29H26FN5O3S/c1-3-34-17-23(32-18-34)26-15-22-29(39-26)25(12-13-31-22)38-24-11-10-19(14-21(24)30)33-27(36)16-28(37)35(4-2)20-8-6-5-7-9-20/h5-15,17-18H,3-4,16H2,1-2H3,(H,33,36). The van der Waals surface area contributed by atoms with Gasteiger partial charge in [-0.2, -0.15) is 0 Å². The molecule has 0 saturated heterocycles. The van der Waals surface area contributed by atoms with E-state index < -0.39 is 11.7 Å². The van der Waals surface area contributed by atoms with Crippen molar-refractivity contribution in [2.75, 3.05) is 16.8 Å². The smallest absolute Gasteiger partial charge is 0.236 e. The maximum atomic E-state index is 15.0. The molecule has 1 N–H and O–H groups in total. The van der Waals surface area contributed by atoms with Crippen LogP contribution in [0.5, 0.6) is 11.5 Å². The Kier molecular flexibility index (Phi) is 7.64. The summed E-state index contributed by atoms with van der Waals surface area (Å²) in [7, 11) is 0. The van der Waals surface area contributed by atoms with Crippen LogP contribution in [0, 0.1) is 5.82 Å². The summed E-state index contributed by atoms with van der Waals surface area (Å²) in [5.74, 6) is -1.06. The SMILES string of the molecule is CCN(C(=O)CC(=O)Nc1ccc(Oc2ccnc3cc(-c4cn(CC)cn4)sc23)c(F)c1)c1ccccc1. The van der Waals surface area contributed by atoms with Gasteiger partial charge in [-0.05, 0) is 44.2 Å². The second-order valence-electron chi connectivity index (χ2n) is 8.67. The number of rotatable bonds is 9. The van der Waals surface area contributed by atoms with Crippen LogP contribution in [-0.2, 0) is 16.1 Å². The number of thiophene rings is 1. The molecular formula is C29H26FN5O3S. The molecule has 39 heavy (non-hydrogen) atoms. The number of hydrogen-bond acceptors (Lipinski definition) is 6.